The Kier molecular flexibility index (Phi) is 4.53. The lowest BCUT2D eigenvalue weighted by Crippen LogP contribution is -2.23. The van der Waals surface area contributed by atoms with Crippen LogP contribution in [-0.4, -0.2) is 18.0 Å². The van der Waals surface area contributed by atoms with Gasteiger partial charge in [0.2, 0.25) is 5.88 Å². The molecule has 1 heterocycles. The summed E-state index contributed by atoms with van der Waals surface area (Å²) in [6.45, 7) is 0.197. The van der Waals surface area contributed by atoms with Crippen molar-refractivity contribution in [3.05, 3.63) is 58.5 Å². The van der Waals surface area contributed by atoms with E-state index >= 15 is 0 Å². The normalized spacial score (nSPS) is 10.2. The SMILES string of the molecule is COc1cccc(CNC(=O)c2cc(F)ccc2Cl)n1. The second-order valence-electron chi connectivity index (χ2n) is 3.98. The van der Waals surface area contributed by atoms with Crippen molar-refractivity contribution in [1.29, 1.82) is 0 Å². The van der Waals surface area contributed by atoms with Gasteiger partial charge in [0, 0.05) is 6.07 Å². The van der Waals surface area contributed by atoms with Crippen LogP contribution >= 0.6 is 11.6 Å². The number of methoxy groups -OCH3 is 1. The average molecular weight is 295 g/mol. The van der Waals surface area contributed by atoms with E-state index in [0.29, 0.717) is 11.6 Å². The number of hydrogen-bond acceptors (Lipinski definition) is 3. The van der Waals surface area contributed by atoms with Crippen LogP contribution in [0.3, 0.4) is 0 Å². The van der Waals surface area contributed by atoms with Gasteiger partial charge in [-0.2, -0.15) is 0 Å². The summed E-state index contributed by atoms with van der Waals surface area (Å²) >= 11 is 5.86. The number of benzene rings is 1. The minimum Gasteiger partial charge on any atom is -0.481 e. The Morgan fingerprint density at radius 3 is 2.95 bits per heavy atom. The van der Waals surface area contributed by atoms with Gasteiger partial charge in [-0.1, -0.05) is 17.7 Å². The van der Waals surface area contributed by atoms with Crippen molar-refractivity contribution in [3.63, 3.8) is 0 Å². The summed E-state index contributed by atoms with van der Waals surface area (Å²) < 4.78 is 18.1. The summed E-state index contributed by atoms with van der Waals surface area (Å²) in [4.78, 5) is 16.1. The third-order valence-electron chi connectivity index (χ3n) is 2.59. The predicted octanol–water partition coefficient (Wildman–Crippen LogP) is 2.81. The van der Waals surface area contributed by atoms with Gasteiger partial charge in [-0.15, -0.1) is 0 Å². The second kappa shape index (κ2) is 6.34. The van der Waals surface area contributed by atoms with Crippen LogP contribution < -0.4 is 10.1 Å². The fourth-order valence-electron chi connectivity index (χ4n) is 1.61. The lowest BCUT2D eigenvalue weighted by Gasteiger charge is -2.07. The monoisotopic (exact) mass is 294 g/mol. The molecule has 1 amide bonds. The van der Waals surface area contributed by atoms with Crippen LogP contribution in [0, 0.1) is 5.82 Å². The molecule has 1 aromatic carbocycles. The van der Waals surface area contributed by atoms with Crippen LogP contribution in [0.1, 0.15) is 16.1 Å². The van der Waals surface area contributed by atoms with Crippen LogP contribution in [0.5, 0.6) is 5.88 Å². The summed E-state index contributed by atoms with van der Waals surface area (Å²) in [5, 5.41) is 2.82. The number of nitrogens with zero attached hydrogens (tertiary/aromatic N) is 1. The van der Waals surface area contributed by atoms with Gasteiger partial charge in [-0.25, -0.2) is 9.37 Å². The van der Waals surface area contributed by atoms with Gasteiger partial charge in [-0.3, -0.25) is 4.79 Å². The summed E-state index contributed by atoms with van der Waals surface area (Å²) in [5.74, 6) is -0.515. The number of hydrogen-bond donors (Lipinski definition) is 1. The fourth-order valence-corrected chi connectivity index (χ4v) is 1.81. The standard InChI is InChI=1S/C14H12ClFN2O2/c1-20-13-4-2-3-10(18-13)8-17-14(19)11-7-9(16)5-6-12(11)15/h2-7H,8H2,1H3,(H,17,19). The molecule has 4 nitrogen and oxygen atoms in total. The van der Waals surface area contributed by atoms with E-state index in [9.17, 15) is 9.18 Å². The molecule has 0 bridgehead atoms. The minimum atomic E-state index is -0.515. The Labute approximate surface area is 120 Å². The van der Waals surface area contributed by atoms with E-state index in [-0.39, 0.29) is 17.1 Å². The molecular formula is C14H12ClFN2O2. The zero-order chi connectivity index (χ0) is 14.5. The predicted molar refractivity (Wildman–Crippen MR) is 73.4 cm³/mol. The first kappa shape index (κ1) is 14.3. The third kappa shape index (κ3) is 3.45. The van der Waals surface area contributed by atoms with Crippen molar-refractivity contribution >= 4 is 17.5 Å². The van der Waals surface area contributed by atoms with Crippen LogP contribution in [0.25, 0.3) is 0 Å². The molecule has 20 heavy (non-hydrogen) atoms. The largest absolute Gasteiger partial charge is 0.481 e. The molecule has 6 heteroatoms. The van der Waals surface area contributed by atoms with Crippen LogP contribution in [0.4, 0.5) is 4.39 Å². The molecule has 104 valence electrons. The summed E-state index contributed by atoms with van der Waals surface area (Å²) in [6, 6.07) is 8.85. The zero-order valence-electron chi connectivity index (χ0n) is 10.7. The van der Waals surface area contributed by atoms with E-state index in [1.54, 1.807) is 18.2 Å². The van der Waals surface area contributed by atoms with Crippen LogP contribution in [-0.2, 0) is 6.54 Å². The molecule has 0 saturated carbocycles. The van der Waals surface area contributed by atoms with Gasteiger partial charge in [0.15, 0.2) is 0 Å². The van der Waals surface area contributed by atoms with Gasteiger partial charge in [0.1, 0.15) is 5.82 Å². The maximum Gasteiger partial charge on any atom is 0.253 e. The lowest BCUT2D eigenvalue weighted by molar-refractivity contribution is 0.0950. The van der Waals surface area contributed by atoms with Gasteiger partial charge in [-0.05, 0) is 24.3 Å². The fraction of sp³-hybridized carbons (Fsp3) is 0.143. The first-order valence-electron chi connectivity index (χ1n) is 5.83. The van der Waals surface area contributed by atoms with E-state index in [2.05, 4.69) is 10.3 Å². The minimum absolute atomic E-state index is 0.0922. The maximum atomic E-state index is 13.1. The molecule has 0 aliphatic rings. The molecule has 0 aliphatic carbocycles. The molecule has 0 saturated heterocycles. The van der Waals surface area contributed by atoms with E-state index in [1.807, 2.05) is 0 Å². The number of halogens is 2. The number of amides is 1. The Morgan fingerprint density at radius 2 is 2.20 bits per heavy atom. The van der Waals surface area contributed by atoms with Gasteiger partial charge in [0.25, 0.3) is 5.91 Å². The molecule has 0 fully saturated rings. The summed E-state index contributed by atoms with van der Waals surface area (Å²) in [7, 11) is 1.51. The average Bonchev–Trinajstić information content (AvgIpc) is 2.47. The molecule has 1 N–H and O–H groups in total. The maximum absolute atomic E-state index is 13.1. The molecular weight excluding hydrogens is 283 g/mol. The van der Waals surface area contributed by atoms with Gasteiger partial charge in [0.05, 0.1) is 29.9 Å². The molecule has 1 aromatic heterocycles. The van der Waals surface area contributed by atoms with Crippen LogP contribution in [0.2, 0.25) is 5.02 Å². The third-order valence-corrected chi connectivity index (χ3v) is 2.92. The van der Waals surface area contributed by atoms with Gasteiger partial charge < -0.3 is 10.1 Å². The van der Waals surface area contributed by atoms with Crippen molar-refractivity contribution in [2.24, 2.45) is 0 Å². The lowest BCUT2D eigenvalue weighted by atomic mass is 10.2. The molecule has 2 rings (SSSR count). The highest BCUT2D eigenvalue weighted by atomic mass is 35.5. The molecule has 0 unspecified atom stereocenters. The van der Waals surface area contributed by atoms with E-state index in [4.69, 9.17) is 16.3 Å². The number of pyridine rings is 1. The first-order valence-corrected chi connectivity index (χ1v) is 6.21. The summed E-state index contributed by atoms with van der Waals surface area (Å²) in [5.41, 5.74) is 0.722. The summed E-state index contributed by atoms with van der Waals surface area (Å²) in [6.07, 6.45) is 0. The number of nitrogens with one attached hydrogen (secondary N) is 1. The number of ether oxygens (including phenoxy) is 1. The quantitative estimate of drug-likeness (QED) is 0.943. The topological polar surface area (TPSA) is 51.2 Å². The van der Waals surface area contributed by atoms with Crippen molar-refractivity contribution in [1.82, 2.24) is 10.3 Å². The van der Waals surface area contributed by atoms with Crippen molar-refractivity contribution < 1.29 is 13.9 Å². The Bertz CT molecular complexity index is 634. The Hall–Kier alpha value is -2.14. The smallest absolute Gasteiger partial charge is 0.253 e. The Balaban J connectivity index is 2.06. The Morgan fingerprint density at radius 1 is 1.40 bits per heavy atom. The van der Waals surface area contributed by atoms with Crippen molar-refractivity contribution in [3.8, 4) is 5.88 Å². The van der Waals surface area contributed by atoms with E-state index in [1.165, 1.54) is 19.2 Å². The number of rotatable bonds is 4. The molecule has 2 aromatic rings. The molecule has 0 aliphatic heterocycles. The van der Waals surface area contributed by atoms with E-state index in [0.717, 1.165) is 6.07 Å². The van der Waals surface area contributed by atoms with Crippen molar-refractivity contribution in [2.75, 3.05) is 7.11 Å². The first-order chi connectivity index (χ1) is 9.60. The number of carbonyl (C=O) groups is 1. The zero-order valence-corrected chi connectivity index (χ0v) is 11.4. The molecule has 0 spiro atoms. The number of carbonyl (C=O) groups excluding carboxylic acids is 1. The molecule has 0 atom stereocenters. The highest BCUT2D eigenvalue weighted by Gasteiger charge is 2.11. The van der Waals surface area contributed by atoms with Crippen LogP contribution in [0.15, 0.2) is 36.4 Å². The van der Waals surface area contributed by atoms with E-state index < -0.39 is 11.7 Å². The highest BCUT2D eigenvalue weighted by Crippen LogP contribution is 2.17. The highest BCUT2D eigenvalue weighted by molar-refractivity contribution is 6.33. The van der Waals surface area contributed by atoms with Crippen molar-refractivity contribution in [2.45, 2.75) is 6.54 Å². The number of aromatic nitrogens is 1. The second-order valence-corrected chi connectivity index (χ2v) is 4.39. The van der Waals surface area contributed by atoms with Gasteiger partial charge >= 0.3 is 0 Å². The molecule has 0 radical (unpaired) electrons.